The highest BCUT2D eigenvalue weighted by Gasteiger charge is 1.98. The molecule has 0 saturated carbocycles. The summed E-state index contributed by atoms with van der Waals surface area (Å²) in [5.41, 5.74) is 0.978. The van der Waals surface area contributed by atoms with Crippen molar-refractivity contribution < 1.29 is 9.47 Å². The Morgan fingerprint density at radius 1 is 1.00 bits per heavy atom. The minimum Gasteiger partial charge on any atom is -0.497 e. The summed E-state index contributed by atoms with van der Waals surface area (Å²) < 4.78 is 10.2. The fourth-order valence-electron chi connectivity index (χ4n) is 0.952. The fraction of sp³-hybridized carbons (Fsp3) is 0.333. The molecular weight excluding hydrogens is 190 g/mol. The summed E-state index contributed by atoms with van der Waals surface area (Å²) >= 11 is 0. The van der Waals surface area contributed by atoms with Crippen LogP contribution in [-0.2, 0) is 0 Å². The second-order valence-electron chi connectivity index (χ2n) is 2.35. The van der Waals surface area contributed by atoms with Gasteiger partial charge < -0.3 is 14.8 Å². The van der Waals surface area contributed by atoms with Gasteiger partial charge in [0.05, 0.1) is 14.2 Å². The zero-order chi connectivity index (χ0) is 8.97. The number of methoxy groups -OCH3 is 2. The van der Waals surface area contributed by atoms with E-state index in [9.17, 15) is 0 Å². The minimum atomic E-state index is 0. The zero-order valence-corrected chi connectivity index (χ0v) is 8.77. The van der Waals surface area contributed by atoms with Gasteiger partial charge in [-0.3, -0.25) is 0 Å². The van der Waals surface area contributed by atoms with Crippen molar-refractivity contribution in [1.29, 1.82) is 0 Å². The lowest BCUT2D eigenvalue weighted by atomic mass is 10.3. The van der Waals surface area contributed by atoms with Crippen molar-refractivity contribution in [2.75, 3.05) is 26.6 Å². The van der Waals surface area contributed by atoms with Crippen LogP contribution in [0.1, 0.15) is 0 Å². The number of ether oxygens (including phenoxy) is 2. The molecule has 0 unspecified atom stereocenters. The predicted molar refractivity (Wildman–Crippen MR) is 56.3 cm³/mol. The molecule has 0 bridgehead atoms. The smallest absolute Gasteiger partial charge is 0.124 e. The third kappa shape index (κ3) is 3.03. The van der Waals surface area contributed by atoms with Crippen LogP contribution < -0.4 is 14.8 Å². The molecule has 0 aliphatic carbocycles. The van der Waals surface area contributed by atoms with Crippen LogP contribution >= 0.6 is 12.4 Å². The van der Waals surface area contributed by atoms with Gasteiger partial charge in [-0.2, -0.15) is 0 Å². The summed E-state index contributed by atoms with van der Waals surface area (Å²) in [6.07, 6.45) is 0. The van der Waals surface area contributed by atoms with Crippen molar-refractivity contribution in [2.45, 2.75) is 0 Å². The summed E-state index contributed by atoms with van der Waals surface area (Å²) in [5, 5.41) is 3.02. The van der Waals surface area contributed by atoms with Crippen molar-refractivity contribution in [3.8, 4) is 11.5 Å². The Bertz CT molecular complexity index is 211. The lowest BCUT2D eigenvalue weighted by Gasteiger charge is -2.07. The van der Waals surface area contributed by atoms with Crippen LogP contribution in [0.5, 0.6) is 11.5 Å². The average Bonchev–Trinajstić information content (AvgIpc) is 2.16. The monoisotopic (exact) mass is 203 g/mol. The molecule has 0 aliphatic rings. The molecule has 0 amide bonds. The van der Waals surface area contributed by atoms with Crippen LogP contribution in [0, 0.1) is 0 Å². The number of rotatable bonds is 3. The Balaban J connectivity index is 0.00000144. The summed E-state index contributed by atoms with van der Waals surface area (Å²) in [6.45, 7) is 0. The van der Waals surface area contributed by atoms with Gasteiger partial charge >= 0.3 is 0 Å². The second kappa shape index (κ2) is 5.54. The van der Waals surface area contributed by atoms with Crippen molar-refractivity contribution in [2.24, 2.45) is 0 Å². The molecule has 0 fully saturated rings. The third-order valence-electron chi connectivity index (χ3n) is 1.64. The number of benzene rings is 1. The summed E-state index contributed by atoms with van der Waals surface area (Å²) in [6, 6.07) is 5.64. The van der Waals surface area contributed by atoms with Crippen LogP contribution in [-0.4, -0.2) is 21.3 Å². The summed E-state index contributed by atoms with van der Waals surface area (Å²) in [7, 11) is 5.12. The highest BCUT2D eigenvalue weighted by atomic mass is 35.5. The van der Waals surface area contributed by atoms with Crippen molar-refractivity contribution in [3.05, 3.63) is 18.2 Å². The topological polar surface area (TPSA) is 30.5 Å². The zero-order valence-electron chi connectivity index (χ0n) is 7.96. The number of halogens is 1. The summed E-state index contributed by atoms with van der Waals surface area (Å²) in [4.78, 5) is 0. The van der Waals surface area contributed by atoms with Crippen molar-refractivity contribution in [3.63, 3.8) is 0 Å². The fourth-order valence-corrected chi connectivity index (χ4v) is 0.952. The lowest BCUT2D eigenvalue weighted by molar-refractivity contribution is 0.395. The maximum absolute atomic E-state index is 5.08. The van der Waals surface area contributed by atoms with Gasteiger partial charge in [-0.1, -0.05) is 0 Å². The van der Waals surface area contributed by atoms with Crippen molar-refractivity contribution in [1.82, 2.24) is 0 Å². The molecule has 13 heavy (non-hydrogen) atoms. The van der Waals surface area contributed by atoms with Gasteiger partial charge in [-0.25, -0.2) is 0 Å². The maximum Gasteiger partial charge on any atom is 0.124 e. The summed E-state index contributed by atoms with van der Waals surface area (Å²) in [5.74, 6) is 1.58. The van der Waals surface area contributed by atoms with Gasteiger partial charge in [0.25, 0.3) is 0 Å². The first-order valence-electron chi connectivity index (χ1n) is 3.71. The quantitative estimate of drug-likeness (QED) is 0.817. The first-order chi connectivity index (χ1) is 5.80. The third-order valence-corrected chi connectivity index (χ3v) is 1.64. The van der Waals surface area contributed by atoms with Gasteiger partial charge in [-0.15, -0.1) is 12.4 Å². The molecule has 0 atom stereocenters. The molecule has 1 aromatic rings. The normalized spacial score (nSPS) is 8.54. The number of nitrogens with one attached hydrogen (secondary N) is 1. The van der Waals surface area contributed by atoms with E-state index < -0.39 is 0 Å². The van der Waals surface area contributed by atoms with Crippen LogP contribution in [0.25, 0.3) is 0 Å². The van der Waals surface area contributed by atoms with E-state index in [2.05, 4.69) is 5.32 Å². The van der Waals surface area contributed by atoms with Gasteiger partial charge in [0, 0.05) is 30.9 Å². The molecule has 1 rings (SSSR count). The highest BCUT2D eigenvalue weighted by Crippen LogP contribution is 2.24. The molecule has 74 valence electrons. The molecule has 4 heteroatoms. The molecule has 0 aliphatic heterocycles. The Hall–Kier alpha value is -1.09. The van der Waals surface area contributed by atoms with E-state index in [1.54, 1.807) is 14.2 Å². The van der Waals surface area contributed by atoms with Gasteiger partial charge in [-0.05, 0) is 0 Å². The molecule has 0 aromatic heterocycles. The molecule has 0 radical (unpaired) electrons. The number of hydrogen-bond donors (Lipinski definition) is 1. The van der Waals surface area contributed by atoms with E-state index in [-0.39, 0.29) is 12.4 Å². The molecule has 1 aromatic carbocycles. The van der Waals surface area contributed by atoms with E-state index in [1.165, 1.54) is 0 Å². The van der Waals surface area contributed by atoms with Crippen LogP contribution in [0.4, 0.5) is 5.69 Å². The predicted octanol–water partition coefficient (Wildman–Crippen LogP) is 2.17. The molecule has 0 saturated heterocycles. The lowest BCUT2D eigenvalue weighted by Crippen LogP contribution is -1.92. The van der Waals surface area contributed by atoms with Gasteiger partial charge in [0.15, 0.2) is 0 Å². The van der Waals surface area contributed by atoms with Crippen LogP contribution in [0.2, 0.25) is 0 Å². The van der Waals surface area contributed by atoms with E-state index in [1.807, 2.05) is 25.2 Å². The van der Waals surface area contributed by atoms with Gasteiger partial charge in [0.2, 0.25) is 0 Å². The molecular formula is C9H14ClNO2. The SMILES string of the molecule is CNc1cc(OC)cc(OC)c1.Cl. The standard InChI is InChI=1S/C9H13NO2.ClH/c1-10-7-4-8(11-2)6-9(5-7)12-3;/h4-6,10H,1-3H3;1H. The number of hydrogen-bond acceptors (Lipinski definition) is 3. The van der Waals surface area contributed by atoms with Crippen LogP contribution in [0.15, 0.2) is 18.2 Å². The Labute approximate surface area is 84.5 Å². The molecule has 3 nitrogen and oxygen atoms in total. The average molecular weight is 204 g/mol. The molecule has 0 heterocycles. The Morgan fingerprint density at radius 2 is 1.46 bits per heavy atom. The molecule has 0 spiro atoms. The largest absolute Gasteiger partial charge is 0.497 e. The highest BCUT2D eigenvalue weighted by molar-refractivity contribution is 5.85. The first-order valence-corrected chi connectivity index (χ1v) is 3.71. The maximum atomic E-state index is 5.08. The Kier molecular flexibility index (Phi) is 5.07. The first kappa shape index (κ1) is 11.9. The van der Waals surface area contributed by atoms with Gasteiger partial charge in [0.1, 0.15) is 11.5 Å². The van der Waals surface area contributed by atoms with Crippen LogP contribution in [0.3, 0.4) is 0 Å². The van der Waals surface area contributed by atoms with E-state index >= 15 is 0 Å². The van der Waals surface area contributed by atoms with E-state index in [4.69, 9.17) is 9.47 Å². The second-order valence-corrected chi connectivity index (χ2v) is 2.35. The number of anilines is 1. The van der Waals surface area contributed by atoms with Crippen molar-refractivity contribution >= 4 is 18.1 Å². The van der Waals surface area contributed by atoms with E-state index in [0.29, 0.717) is 0 Å². The minimum absolute atomic E-state index is 0. The Morgan fingerprint density at radius 3 is 1.77 bits per heavy atom. The van der Waals surface area contributed by atoms with E-state index in [0.717, 1.165) is 17.2 Å². The molecule has 1 N–H and O–H groups in total.